The van der Waals surface area contributed by atoms with Crippen LogP contribution >= 0.6 is 0 Å². The maximum absolute atomic E-state index is 11.9. The Hall–Kier alpha value is -4.27. The third kappa shape index (κ3) is 7.21. The highest BCUT2D eigenvalue weighted by atomic mass is 16.5. The zero-order chi connectivity index (χ0) is 22.6. The van der Waals surface area contributed by atoms with Gasteiger partial charge in [0.05, 0.1) is 26.1 Å². The predicted molar refractivity (Wildman–Crippen MR) is 117 cm³/mol. The fraction of sp³-hybridized carbons (Fsp3) is 0.174. The highest BCUT2D eigenvalue weighted by molar-refractivity contribution is 5.83. The second kappa shape index (κ2) is 11.8. The van der Waals surface area contributed by atoms with Crippen molar-refractivity contribution in [3.05, 3.63) is 78.3 Å². The summed E-state index contributed by atoms with van der Waals surface area (Å²) in [6.45, 7) is -0.0108. The number of hydrazone groups is 1. The van der Waals surface area contributed by atoms with E-state index >= 15 is 0 Å². The van der Waals surface area contributed by atoms with E-state index in [0.717, 1.165) is 5.56 Å². The van der Waals surface area contributed by atoms with E-state index in [0.29, 0.717) is 29.6 Å². The SMILES string of the molecule is COc1ccccc1OCC(=O)NN=Cc1ccc(OCC(=O)NCc2ccco2)cc1. The molecule has 0 aliphatic rings. The van der Waals surface area contributed by atoms with E-state index in [1.807, 2.05) is 6.07 Å². The highest BCUT2D eigenvalue weighted by Gasteiger charge is 2.06. The van der Waals surface area contributed by atoms with Crippen molar-refractivity contribution in [2.24, 2.45) is 5.10 Å². The summed E-state index contributed by atoms with van der Waals surface area (Å²) in [6, 6.07) is 17.5. The minimum absolute atomic E-state index is 0.115. The molecule has 0 bridgehead atoms. The van der Waals surface area contributed by atoms with Gasteiger partial charge in [-0.15, -0.1) is 0 Å². The van der Waals surface area contributed by atoms with Crippen molar-refractivity contribution in [1.29, 1.82) is 0 Å². The molecule has 166 valence electrons. The number of nitrogens with one attached hydrogen (secondary N) is 2. The molecule has 9 heteroatoms. The first-order valence-corrected chi connectivity index (χ1v) is 9.73. The van der Waals surface area contributed by atoms with Gasteiger partial charge in [0.2, 0.25) is 0 Å². The maximum Gasteiger partial charge on any atom is 0.277 e. The van der Waals surface area contributed by atoms with Crippen molar-refractivity contribution in [2.75, 3.05) is 20.3 Å². The number of carbonyl (C=O) groups is 2. The van der Waals surface area contributed by atoms with Gasteiger partial charge in [0.15, 0.2) is 24.7 Å². The van der Waals surface area contributed by atoms with E-state index in [1.165, 1.54) is 13.3 Å². The topological polar surface area (TPSA) is 111 Å². The van der Waals surface area contributed by atoms with Crippen LogP contribution in [0, 0.1) is 0 Å². The Balaban J connectivity index is 1.37. The van der Waals surface area contributed by atoms with Crippen LogP contribution in [0.2, 0.25) is 0 Å². The normalized spacial score (nSPS) is 10.5. The van der Waals surface area contributed by atoms with Crippen LogP contribution in [-0.2, 0) is 16.1 Å². The van der Waals surface area contributed by atoms with Gasteiger partial charge in [-0.1, -0.05) is 12.1 Å². The lowest BCUT2D eigenvalue weighted by atomic mass is 10.2. The average molecular weight is 437 g/mol. The van der Waals surface area contributed by atoms with Crippen molar-refractivity contribution in [2.45, 2.75) is 6.54 Å². The molecule has 2 amide bonds. The summed E-state index contributed by atoms with van der Waals surface area (Å²) in [5.74, 6) is 1.54. The molecule has 0 saturated heterocycles. The first-order chi connectivity index (χ1) is 15.6. The van der Waals surface area contributed by atoms with Crippen LogP contribution in [0.3, 0.4) is 0 Å². The molecule has 2 N–H and O–H groups in total. The lowest BCUT2D eigenvalue weighted by molar-refractivity contribution is -0.123. The predicted octanol–water partition coefficient (Wildman–Crippen LogP) is 2.51. The molecular weight excluding hydrogens is 414 g/mol. The van der Waals surface area contributed by atoms with E-state index in [2.05, 4.69) is 15.8 Å². The van der Waals surface area contributed by atoms with Gasteiger partial charge in [0.1, 0.15) is 11.5 Å². The van der Waals surface area contributed by atoms with Crippen molar-refractivity contribution >= 4 is 18.0 Å². The Morgan fingerprint density at radius 3 is 2.41 bits per heavy atom. The molecule has 1 aromatic heterocycles. The Bertz CT molecular complexity index is 1030. The number of hydrogen-bond acceptors (Lipinski definition) is 7. The summed E-state index contributed by atoms with van der Waals surface area (Å²) < 4.78 is 21.2. The van der Waals surface area contributed by atoms with E-state index in [9.17, 15) is 9.59 Å². The molecule has 0 spiro atoms. The standard InChI is InChI=1S/C23H23N3O6/c1-29-20-6-2-3-7-21(20)32-16-23(28)26-25-13-17-8-10-18(11-9-17)31-15-22(27)24-14-19-5-4-12-30-19/h2-13H,14-16H2,1H3,(H,24,27)(H,26,28). The highest BCUT2D eigenvalue weighted by Crippen LogP contribution is 2.25. The van der Waals surface area contributed by atoms with Crippen LogP contribution < -0.4 is 25.0 Å². The number of amides is 2. The second-order valence-corrected chi connectivity index (χ2v) is 6.45. The van der Waals surface area contributed by atoms with Crippen molar-refractivity contribution in [3.63, 3.8) is 0 Å². The lowest BCUT2D eigenvalue weighted by Gasteiger charge is -2.09. The number of para-hydroxylation sites is 2. The van der Waals surface area contributed by atoms with Crippen LogP contribution in [0.1, 0.15) is 11.3 Å². The van der Waals surface area contributed by atoms with Gasteiger partial charge in [0.25, 0.3) is 11.8 Å². The molecule has 3 rings (SSSR count). The van der Waals surface area contributed by atoms with E-state index in [1.54, 1.807) is 60.9 Å². The first kappa shape index (κ1) is 22.4. The summed E-state index contributed by atoms with van der Waals surface area (Å²) in [6.07, 6.45) is 3.03. The zero-order valence-corrected chi connectivity index (χ0v) is 17.4. The fourth-order valence-corrected chi connectivity index (χ4v) is 2.54. The second-order valence-electron chi connectivity index (χ2n) is 6.45. The van der Waals surface area contributed by atoms with Crippen LogP contribution in [0.4, 0.5) is 0 Å². The monoisotopic (exact) mass is 437 g/mol. The molecule has 3 aromatic rings. The minimum atomic E-state index is -0.410. The number of rotatable bonds is 11. The quantitative estimate of drug-likeness (QED) is 0.352. The molecular formula is C23H23N3O6. The van der Waals surface area contributed by atoms with E-state index in [4.69, 9.17) is 18.6 Å². The van der Waals surface area contributed by atoms with Gasteiger partial charge in [-0.25, -0.2) is 5.43 Å². The molecule has 0 radical (unpaired) electrons. The van der Waals surface area contributed by atoms with Crippen molar-refractivity contribution < 1.29 is 28.2 Å². The van der Waals surface area contributed by atoms with E-state index in [-0.39, 0.29) is 19.1 Å². The van der Waals surface area contributed by atoms with Crippen LogP contribution in [-0.4, -0.2) is 38.4 Å². The summed E-state index contributed by atoms with van der Waals surface area (Å²) in [4.78, 5) is 23.7. The number of hydrogen-bond donors (Lipinski definition) is 2. The van der Waals surface area contributed by atoms with Crippen molar-refractivity contribution in [1.82, 2.24) is 10.7 Å². The number of nitrogens with zero attached hydrogens (tertiary/aromatic N) is 1. The third-order valence-corrected chi connectivity index (χ3v) is 4.12. The Morgan fingerprint density at radius 2 is 1.69 bits per heavy atom. The molecule has 0 aliphatic heterocycles. The molecule has 0 unspecified atom stereocenters. The number of benzene rings is 2. The zero-order valence-electron chi connectivity index (χ0n) is 17.4. The van der Waals surface area contributed by atoms with Gasteiger partial charge in [-0.3, -0.25) is 9.59 Å². The van der Waals surface area contributed by atoms with Gasteiger partial charge >= 0.3 is 0 Å². The van der Waals surface area contributed by atoms with Crippen LogP contribution in [0.15, 0.2) is 76.4 Å². The van der Waals surface area contributed by atoms with Crippen molar-refractivity contribution in [3.8, 4) is 17.2 Å². The largest absolute Gasteiger partial charge is 0.493 e. The number of methoxy groups -OCH3 is 1. The Kier molecular flexibility index (Phi) is 8.26. The van der Waals surface area contributed by atoms with Crippen LogP contribution in [0.25, 0.3) is 0 Å². The van der Waals surface area contributed by atoms with Gasteiger partial charge < -0.3 is 23.9 Å². The molecule has 0 aliphatic carbocycles. The summed E-state index contributed by atoms with van der Waals surface area (Å²) >= 11 is 0. The molecule has 2 aromatic carbocycles. The first-order valence-electron chi connectivity index (χ1n) is 9.73. The smallest absolute Gasteiger partial charge is 0.277 e. The van der Waals surface area contributed by atoms with Gasteiger partial charge in [-0.05, 0) is 54.1 Å². The summed E-state index contributed by atoms with van der Waals surface area (Å²) in [7, 11) is 1.53. The molecule has 0 saturated carbocycles. The van der Waals surface area contributed by atoms with Crippen LogP contribution in [0.5, 0.6) is 17.2 Å². The number of carbonyl (C=O) groups excluding carboxylic acids is 2. The Morgan fingerprint density at radius 1 is 0.938 bits per heavy atom. The molecule has 1 heterocycles. The molecule has 9 nitrogen and oxygen atoms in total. The van der Waals surface area contributed by atoms with Gasteiger partial charge in [0, 0.05) is 0 Å². The molecule has 0 fully saturated rings. The maximum atomic E-state index is 11.9. The Labute approximate surface area is 185 Å². The van der Waals surface area contributed by atoms with E-state index < -0.39 is 5.91 Å². The molecule has 0 atom stereocenters. The minimum Gasteiger partial charge on any atom is -0.493 e. The number of furan rings is 1. The fourth-order valence-electron chi connectivity index (χ4n) is 2.54. The summed E-state index contributed by atoms with van der Waals surface area (Å²) in [5.41, 5.74) is 3.13. The number of ether oxygens (including phenoxy) is 3. The lowest BCUT2D eigenvalue weighted by Crippen LogP contribution is -2.28. The third-order valence-electron chi connectivity index (χ3n) is 4.12. The summed E-state index contributed by atoms with van der Waals surface area (Å²) in [5, 5.41) is 6.60. The molecule has 32 heavy (non-hydrogen) atoms. The van der Waals surface area contributed by atoms with Gasteiger partial charge in [-0.2, -0.15) is 5.10 Å². The average Bonchev–Trinajstić information content (AvgIpc) is 3.35.